The molecular weight excluding hydrogens is 254 g/mol. The van der Waals surface area contributed by atoms with Crippen molar-refractivity contribution in [3.05, 3.63) is 23.2 Å². The molecular formula is C16H15NOS. The highest BCUT2D eigenvalue weighted by Crippen LogP contribution is 2.32. The molecule has 96 valence electrons. The Hall–Kier alpha value is -1.97. The molecule has 0 fully saturated rings. The lowest BCUT2D eigenvalue weighted by Gasteiger charge is -2.13. The van der Waals surface area contributed by atoms with E-state index in [2.05, 4.69) is 49.6 Å². The van der Waals surface area contributed by atoms with E-state index in [0.29, 0.717) is 0 Å². The van der Waals surface area contributed by atoms with Crippen molar-refractivity contribution in [2.24, 2.45) is 0 Å². The zero-order valence-electron chi connectivity index (χ0n) is 11.5. The monoisotopic (exact) mass is 269 g/mol. The molecule has 1 aromatic heterocycles. The van der Waals surface area contributed by atoms with E-state index >= 15 is 0 Å². The molecule has 1 heterocycles. The number of rotatable bonds is 1. The minimum absolute atomic E-state index is 0.0707. The highest BCUT2D eigenvalue weighted by molar-refractivity contribution is 7.18. The Morgan fingerprint density at radius 1 is 1.21 bits per heavy atom. The molecule has 0 unspecified atom stereocenters. The van der Waals surface area contributed by atoms with E-state index in [4.69, 9.17) is 4.74 Å². The Balaban J connectivity index is 2.30. The smallest absolute Gasteiger partial charge is 0.141 e. The van der Waals surface area contributed by atoms with Gasteiger partial charge in [0.25, 0.3) is 0 Å². The maximum Gasteiger partial charge on any atom is 0.141 e. The molecule has 0 aliphatic rings. The molecule has 19 heavy (non-hydrogen) atoms. The molecule has 1 aromatic carbocycles. The van der Waals surface area contributed by atoms with Crippen molar-refractivity contribution in [1.82, 2.24) is 4.98 Å². The third kappa shape index (κ3) is 3.28. The van der Waals surface area contributed by atoms with E-state index in [1.807, 2.05) is 18.2 Å². The van der Waals surface area contributed by atoms with Crippen LogP contribution in [-0.2, 0) is 5.41 Å². The summed E-state index contributed by atoms with van der Waals surface area (Å²) < 4.78 is 6.44. The number of thiazole rings is 1. The first-order valence-electron chi connectivity index (χ1n) is 6.00. The Morgan fingerprint density at radius 2 is 2.00 bits per heavy atom. The third-order valence-corrected chi connectivity index (χ3v) is 3.85. The highest BCUT2D eigenvalue weighted by atomic mass is 32.1. The van der Waals surface area contributed by atoms with Crippen LogP contribution in [0.5, 0.6) is 5.75 Å². The zero-order valence-corrected chi connectivity index (χ0v) is 12.3. The fourth-order valence-corrected chi connectivity index (χ4v) is 2.51. The summed E-state index contributed by atoms with van der Waals surface area (Å²) in [6, 6.07) is 5.81. The lowest BCUT2D eigenvalue weighted by atomic mass is 9.98. The number of nitrogens with zero attached hydrogens (tertiary/aromatic N) is 1. The lowest BCUT2D eigenvalue weighted by molar-refractivity contribution is 0.521. The molecule has 0 amide bonds. The second-order valence-electron chi connectivity index (χ2n) is 5.10. The first kappa shape index (κ1) is 13.5. The average molecular weight is 269 g/mol. The number of benzene rings is 1. The topological polar surface area (TPSA) is 22.1 Å². The number of aromatic nitrogens is 1. The van der Waals surface area contributed by atoms with Crippen molar-refractivity contribution in [3.8, 4) is 29.6 Å². The van der Waals surface area contributed by atoms with Gasteiger partial charge in [0.15, 0.2) is 0 Å². The van der Waals surface area contributed by atoms with Gasteiger partial charge < -0.3 is 4.74 Å². The van der Waals surface area contributed by atoms with Crippen LogP contribution in [0.25, 0.3) is 10.2 Å². The zero-order chi connectivity index (χ0) is 13.9. The number of hydrogen-bond donors (Lipinski definition) is 0. The molecule has 0 spiro atoms. The maximum atomic E-state index is 5.33. The predicted molar refractivity (Wildman–Crippen MR) is 80.2 cm³/mol. The van der Waals surface area contributed by atoms with Gasteiger partial charge in [-0.05, 0) is 25.0 Å². The van der Waals surface area contributed by atoms with Crippen LogP contribution in [0.15, 0.2) is 18.2 Å². The summed E-state index contributed by atoms with van der Waals surface area (Å²) >= 11 is 1.69. The van der Waals surface area contributed by atoms with Gasteiger partial charge in [-0.15, -0.1) is 11.3 Å². The minimum atomic E-state index is 0.0707. The van der Waals surface area contributed by atoms with Gasteiger partial charge in [0, 0.05) is 17.4 Å². The first-order valence-corrected chi connectivity index (χ1v) is 6.82. The molecule has 3 heteroatoms. The molecule has 0 bridgehead atoms. The van der Waals surface area contributed by atoms with Crippen molar-refractivity contribution in [2.75, 3.05) is 0 Å². The SMILES string of the molecule is CC#CC#COc1ccc2nc(C(C)(C)C)sc2c1. The molecule has 0 saturated carbocycles. The summed E-state index contributed by atoms with van der Waals surface area (Å²) in [6.45, 7) is 8.23. The van der Waals surface area contributed by atoms with Crippen molar-refractivity contribution in [1.29, 1.82) is 0 Å². The van der Waals surface area contributed by atoms with Crippen LogP contribution in [0.1, 0.15) is 32.7 Å². The van der Waals surface area contributed by atoms with E-state index in [1.54, 1.807) is 18.3 Å². The molecule has 0 atom stereocenters. The minimum Gasteiger partial charge on any atom is -0.407 e. The first-order chi connectivity index (χ1) is 9.00. The quantitative estimate of drug-likeness (QED) is 0.731. The van der Waals surface area contributed by atoms with E-state index in [9.17, 15) is 0 Å². The van der Waals surface area contributed by atoms with Crippen LogP contribution in [0.4, 0.5) is 0 Å². The summed E-state index contributed by atoms with van der Waals surface area (Å²) in [5.41, 5.74) is 1.07. The number of ether oxygens (including phenoxy) is 1. The van der Waals surface area contributed by atoms with E-state index in [1.165, 1.54) is 0 Å². The Bertz CT molecular complexity index is 714. The fraction of sp³-hybridized carbons (Fsp3) is 0.312. The van der Waals surface area contributed by atoms with Gasteiger partial charge in [-0.3, -0.25) is 0 Å². The Kier molecular flexibility index (Phi) is 3.79. The summed E-state index contributed by atoms with van der Waals surface area (Å²) in [6.07, 6.45) is 2.56. The van der Waals surface area contributed by atoms with Crippen LogP contribution < -0.4 is 4.74 Å². The van der Waals surface area contributed by atoms with Crippen molar-refractivity contribution < 1.29 is 4.74 Å². The van der Waals surface area contributed by atoms with Crippen molar-refractivity contribution in [2.45, 2.75) is 33.1 Å². The third-order valence-electron chi connectivity index (χ3n) is 2.41. The van der Waals surface area contributed by atoms with Crippen molar-refractivity contribution in [3.63, 3.8) is 0 Å². The van der Waals surface area contributed by atoms with Gasteiger partial charge >= 0.3 is 0 Å². The highest BCUT2D eigenvalue weighted by Gasteiger charge is 2.18. The van der Waals surface area contributed by atoms with Gasteiger partial charge in [0.1, 0.15) is 11.9 Å². The van der Waals surface area contributed by atoms with Gasteiger partial charge in [0.05, 0.1) is 15.2 Å². The van der Waals surface area contributed by atoms with Crippen LogP contribution >= 0.6 is 11.3 Å². The summed E-state index contributed by atoms with van der Waals surface area (Å²) in [5, 5.41) is 1.13. The molecule has 0 aliphatic carbocycles. The molecule has 0 saturated heterocycles. The summed E-state index contributed by atoms with van der Waals surface area (Å²) in [4.78, 5) is 4.64. The van der Waals surface area contributed by atoms with Gasteiger partial charge in [-0.2, -0.15) is 0 Å². The largest absolute Gasteiger partial charge is 0.407 e. The molecule has 0 radical (unpaired) electrons. The Labute approximate surface area is 117 Å². The van der Waals surface area contributed by atoms with Gasteiger partial charge in [-0.25, -0.2) is 4.98 Å². The Morgan fingerprint density at radius 3 is 2.68 bits per heavy atom. The van der Waals surface area contributed by atoms with Crippen molar-refractivity contribution >= 4 is 21.6 Å². The van der Waals surface area contributed by atoms with Crippen LogP contribution in [0.2, 0.25) is 0 Å². The number of hydrogen-bond acceptors (Lipinski definition) is 3. The van der Waals surface area contributed by atoms with Crippen LogP contribution in [0, 0.1) is 23.9 Å². The van der Waals surface area contributed by atoms with E-state index < -0.39 is 0 Å². The van der Waals surface area contributed by atoms with Gasteiger partial charge in [-0.1, -0.05) is 26.7 Å². The summed E-state index contributed by atoms with van der Waals surface area (Å²) in [5.74, 6) is 8.67. The standard InChI is InChI=1S/C16H15NOS/c1-5-6-7-10-18-12-8-9-13-14(11-12)19-15(17-13)16(2,3)4/h8-9,11H,1-4H3. The molecule has 0 N–H and O–H groups in total. The van der Waals surface area contributed by atoms with Crippen LogP contribution in [0.3, 0.4) is 0 Å². The molecule has 2 rings (SSSR count). The normalized spacial score (nSPS) is 10.3. The number of fused-ring (bicyclic) bond motifs is 1. The second-order valence-corrected chi connectivity index (χ2v) is 6.13. The maximum absolute atomic E-state index is 5.33. The van der Waals surface area contributed by atoms with E-state index in [-0.39, 0.29) is 5.41 Å². The fourth-order valence-electron chi connectivity index (χ4n) is 1.46. The molecule has 2 aromatic rings. The second kappa shape index (κ2) is 5.34. The summed E-state index contributed by atoms with van der Waals surface area (Å²) in [7, 11) is 0. The van der Waals surface area contributed by atoms with Gasteiger partial charge in [0.2, 0.25) is 0 Å². The lowest BCUT2D eigenvalue weighted by Crippen LogP contribution is -2.09. The average Bonchev–Trinajstić information content (AvgIpc) is 2.77. The predicted octanol–water partition coefficient (Wildman–Crippen LogP) is 3.96. The molecule has 0 aliphatic heterocycles. The van der Waals surface area contributed by atoms with Crippen LogP contribution in [-0.4, -0.2) is 4.98 Å². The molecule has 2 nitrogen and oxygen atoms in total. The van der Waals surface area contributed by atoms with E-state index in [0.717, 1.165) is 21.0 Å².